The first-order valence-electron chi connectivity index (χ1n) is 12.0. The van der Waals surface area contributed by atoms with Gasteiger partial charge in [0.15, 0.2) is 0 Å². The number of hydrogen-bond donors (Lipinski definition) is 2. The van der Waals surface area contributed by atoms with Crippen LogP contribution in [0.1, 0.15) is 32.6 Å². The summed E-state index contributed by atoms with van der Waals surface area (Å²) in [6.45, 7) is 2.77. The normalized spacial score (nSPS) is 14.8. The molecule has 2 aromatic carbocycles. The zero-order valence-corrected chi connectivity index (χ0v) is 21.4. The highest BCUT2D eigenvalue weighted by molar-refractivity contribution is 7.89. The van der Waals surface area contributed by atoms with E-state index in [-0.39, 0.29) is 23.7 Å². The Bertz CT molecular complexity index is 1170. The number of carbonyl (C=O) groups is 2. The van der Waals surface area contributed by atoms with Gasteiger partial charge in [-0.15, -0.1) is 0 Å². The molecule has 0 spiro atoms. The third kappa shape index (κ3) is 7.74. The standard InChI is InChI=1S/C25H33FN4O5S/c1-3-35-22-12-11-21(16-23(22)36(33,34)30-13-6-4-5-7-14-30)28-25(32)18-29(2)17-24(31)27-20-10-8-9-19(26)15-20/h8-12,15-16H,3-7,13-14,17-18H2,1-2H3,(H,27,31)(H,28,32). The molecule has 2 amide bonds. The van der Waals surface area contributed by atoms with Gasteiger partial charge in [0.25, 0.3) is 0 Å². The molecule has 196 valence electrons. The second-order valence-electron chi connectivity index (χ2n) is 8.69. The summed E-state index contributed by atoms with van der Waals surface area (Å²) in [5.41, 5.74) is 0.639. The first-order chi connectivity index (χ1) is 17.2. The maximum Gasteiger partial charge on any atom is 0.246 e. The molecule has 0 radical (unpaired) electrons. The maximum absolute atomic E-state index is 13.4. The molecule has 1 fully saturated rings. The highest BCUT2D eigenvalue weighted by atomic mass is 32.2. The van der Waals surface area contributed by atoms with Gasteiger partial charge < -0.3 is 15.4 Å². The van der Waals surface area contributed by atoms with Crippen molar-refractivity contribution in [1.82, 2.24) is 9.21 Å². The van der Waals surface area contributed by atoms with E-state index in [1.54, 1.807) is 32.2 Å². The molecule has 9 nitrogen and oxygen atoms in total. The van der Waals surface area contributed by atoms with Gasteiger partial charge >= 0.3 is 0 Å². The predicted octanol–water partition coefficient (Wildman–Crippen LogP) is 3.30. The Morgan fingerprint density at radius 1 is 0.972 bits per heavy atom. The van der Waals surface area contributed by atoms with E-state index in [4.69, 9.17) is 4.74 Å². The summed E-state index contributed by atoms with van der Waals surface area (Å²) in [5, 5.41) is 5.28. The molecule has 0 aliphatic carbocycles. The van der Waals surface area contributed by atoms with E-state index in [1.165, 1.54) is 33.5 Å². The summed E-state index contributed by atoms with van der Waals surface area (Å²) in [4.78, 5) is 26.3. The minimum Gasteiger partial charge on any atom is -0.492 e. The highest BCUT2D eigenvalue weighted by Crippen LogP contribution is 2.31. The zero-order chi connectivity index (χ0) is 26.1. The van der Waals surface area contributed by atoms with Gasteiger partial charge in [0, 0.05) is 24.5 Å². The van der Waals surface area contributed by atoms with Gasteiger partial charge in [-0.3, -0.25) is 14.5 Å². The van der Waals surface area contributed by atoms with Crippen molar-refractivity contribution in [2.45, 2.75) is 37.5 Å². The van der Waals surface area contributed by atoms with Crippen molar-refractivity contribution in [3.63, 3.8) is 0 Å². The van der Waals surface area contributed by atoms with Gasteiger partial charge in [0.2, 0.25) is 21.8 Å². The van der Waals surface area contributed by atoms with E-state index in [0.717, 1.165) is 25.7 Å². The number of nitrogens with one attached hydrogen (secondary N) is 2. The zero-order valence-electron chi connectivity index (χ0n) is 20.6. The Kier molecular flexibility index (Phi) is 9.80. The molecule has 2 aromatic rings. The van der Waals surface area contributed by atoms with Crippen LogP contribution in [-0.4, -0.2) is 69.3 Å². The molecule has 3 rings (SSSR count). The van der Waals surface area contributed by atoms with Crippen molar-refractivity contribution in [3.05, 3.63) is 48.3 Å². The number of anilines is 2. The van der Waals surface area contributed by atoms with E-state index in [2.05, 4.69) is 10.6 Å². The van der Waals surface area contributed by atoms with Crippen LogP contribution in [0.15, 0.2) is 47.4 Å². The molecule has 0 atom stereocenters. The smallest absolute Gasteiger partial charge is 0.246 e. The van der Waals surface area contributed by atoms with Gasteiger partial charge in [-0.25, -0.2) is 12.8 Å². The van der Waals surface area contributed by atoms with Crippen LogP contribution in [0, 0.1) is 5.82 Å². The van der Waals surface area contributed by atoms with Crippen molar-refractivity contribution in [1.29, 1.82) is 0 Å². The molecule has 1 aliphatic heterocycles. The van der Waals surface area contributed by atoms with Crippen molar-refractivity contribution < 1.29 is 27.1 Å². The van der Waals surface area contributed by atoms with Crippen LogP contribution in [0.4, 0.5) is 15.8 Å². The highest BCUT2D eigenvalue weighted by Gasteiger charge is 2.29. The van der Waals surface area contributed by atoms with E-state index in [9.17, 15) is 22.4 Å². The van der Waals surface area contributed by atoms with E-state index < -0.39 is 27.7 Å². The third-order valence-electron chi connectivity index (χ3n) is 5.65. The van der Waals surface area contributed by atoms with Gasteiger partial charge in [-0.1, -0.05) is 18.9 Å². The first kappa shape index (κ1) is 27.6. The summed E-state index contributed by atoms with van der Waals surface area (Å²) < 4.78 is 47.1. The van der Waals surface area contributed by atoms with Crippen LogP contribution in [0.5, 0.6) is 5.75 Å². The molecule has 2 N–H and O–H groups in total. The van der Waals surface area contributed by atoms with Crippen LogP contribution < -0.4 is 15.4 Å². The number of carbonyl (C=O) groups excluding carboxylic acids is 2. The topological polar surface area (TPSA) is 108 Å². The van der Waals surface area contributed by atoms with Gasteiger partial charge in [-0.05, 0) is 63.2 Å². The minimum atomic E-state index is -3.80. The molecule has 0 aromatic heterocycles. The number of benzene rings is 2. The molecule has 36 heavy (non-hydrogen) atoms. The van der Waals surface area contributed by atoms with Gasteiger partial charge in [0.05, 0.1) is 19.7 Å². The fourth-order valence-electron chi connectivity index (χ4n) is 4.00. The van der Waals surface area contributed by atoms with E-state index in [0.29, 0.717) is 31.1 Å². The van der Waals surface area contributed by atoms with E-state index >= 15 is 0 Å². The number of nitrogens with zero attached hydrogens (tertiary/aromatic N) is 2. The Morgan fingerprint density at radius 3 is 2.17 bits per heavy atom. The summed E-state index contributed by atoms with van der Waals surface area (Å²) in [7, 11) is -2.21. The largest absolute Gasteiger partial charge is 0.492 e. The second kappa shape index (κ2) is 12.8. The number of halogens is 1. The lowest BCUT2D eigenvalue weighted by Crippen LogP contribution is -2.36. The van der Waals surface area contributed by atoms with Crippen LogP contribution in [0.25, 0.3) is 0 Å². The first-order valence-corrected chi connectivity index (χ1v) is 13.4. The molecule has 0 saturated carbocycles. The summed E-state index contributed by atoms with van der Waals surface area (Å²) >= 11 is 0. The van der Waals surface area contributed by atoms with Crippen LogP contribution in [0.3, 0.4) is 0 Å². The number of ether oxygens (including phenoxy) is 1. The van der Waals surface area contributed by atoms with Gasteiger partial charge in [0.1, 0.15) is 16.5 Å². The monoisotopic (exact) mass is 520 g/mol. The Hall–Kier alpha value is -3.02. The Labute approximate surface area is 211 Å². The fourth-order valence-corrected chi connectivity index (χ4v) is 5.67. The number of sulfonamides is 1. The number of likely N-dealkylation sites (N-methyl/N-ethyl adjacent to an activating group) is 1. The third-order valence-corrected chi connectivity index (χ3v) is 7.57. The fraction of sp³-hybridized carbons (Fsp3) is 0.440. The SMILES string of the molecule is CCOc1ccc(NC(=O)CN(C)CC(=O)Nc2cccc(F)c2)cc1S(=O)(=O)N1CCCCCC1. The van der Waals surface area contributed by atoms with Crippen LogP contribution in [-0.2, 0) is 19.6 Å². The molecule has 11 heteroatoms. The lowest BCUT2D eigenvalue weighted by molar-refractivity contribution is -0.119. The maximum atomic E-state index is 13.4. The quantitative estimate of drug-likeness (QED) is 0.498. The van der Waals surface area contributed by atoms with Crippen LogP contribution in [0.2, 0.25) is 0 Å². The lowest BCUT2D eigenvalue weighted by Gasteiger charge is -2.22. The Morgan fingerprint density at radius 2 is 1.58 bits per heavy atom. The van der Waals surface area contributed by atoms with E-state index in [1.807, 2.05) is 0 Å². The molecule has 0 unspecified atom stereocenters. The minimum absolute atomic E-state index is 0.0203. The molecular weight excluding hydrogens is 487 g/mol. The summed E-state index contributed by atoms with van der Waals surface area (Å²) in [6.07, 6.45) is 3.60. The molecular formula is C25H33FN4O5S. The lowest BCUT2D eigenvalue weighted by atomic mass is 10.2. The molecule has 0 bridgehead atoms. The number of hydrogen-bond acceptors (Lipinski definition) is 6. The van der Waals surface area contributed by atoms with Gasteiger partial charge in [-0.2, -0.15) is 4.31 Å². The average molecular weight is 521 g/mol. The number of amides is 2. The predicted molar refractivity (Wildman–Crippen MR) is 136 cm³/mol. The van der Waals surface area contributed by atoms with Crippen LogP contribution >= 0.6 is 0 Å². The molecule has 1 aliphatic rings. The average Bonchev–Trinajstić information content (AvgIpc) is 3.10. The second-order valence-corrected chi connectivity index (χ2v) is 10.6. The van der Waals surface area contributed by atoms with Crippen molar-refractivity contribution >= 4 is 33.2 Å². The van der Waals surface area contributed by atoms with Crippen molar-refractivity contribution in [2.24, 2.45) is 0 Å². The number of rotatable bonds is 10. The van der Waals surface area contributed by atoms with Crippen molar-refractivity contribution in [3.8, 4) is 5.75 Å². The van der Waals surface area contributed by atoms with Crippen molar-refractivity contribution in [2.75, 3.05) is 50.5 Å². The summed E-state index contributed by atoms with van der Waals surface area (Å²) in [6, 6.07) is 10.1. The Balaban J connectivity index is 1.65. The summed E-state index contributed by atoms with van der Waals surface area (Å²) in [5.74, 6) is -1.04. The molecule has 1 heterocycles. The molecule has 1 saturated heterocycles.